The number of carboxylic acid groups (broad SMARTS) is 4. The van der Waals surface area contributed by atoms with Crippen LogP contribution in [-0.2, 0) is 0 Å². The van der Waals surface area contributed by atoms with Gasteiger partial charge in [0.1, 0.15) is 0 Å². The minimum absolute atomic E-state index is 0.176. The first-order valence-corrected chi connectivity index (χ1v) is 8.51. The highest BCUT2D eigenvalue weighted by atomic mass is 16.4. The first-order chi connectivity index (χ1) is 14.2. The van der Waals surface area contributed by atoms with Gasteiger partial charge in [-0.15, -0.1) is 0 Å². The smallest absolute Gasteiger partial charge is 0.336 e. The van der Waals surface area contributed by atoms with Gasteiger partial charge in [-0.2, -0.15) is 0 Å². The summed E-state index contributed by atoms with van der Waals surface area (Å²) in [6, 6.07) is 13.8. The Kier molecular flexibility index (Phi) is 5.33. The second-order valence-electron chi connectivity index (χ2n) is 6.32. The molecule has 0 saturated heterocycles. The van der Waals surface area contributed by atoms with Crippen molar-refractivity contribution in [3.8, 4) is 22.3 Å². The van der Waals surface area contributed by atoms with Crippen molar-refractivity contribution in [2.75, 3.05) is 0 Å². The molecule has 0 atom stereocenters. The summed E-state index contributed by atoms with van der Waals surface area (Å²) in [7, 11) is 0. The number of aromatic carboxylic acids is 4. The normalized spacial score (nSPS) is 10.4. The van der Waals surface area contributed by atoms with E-state index in [1.807, 2.05) is 0 Å². The predicted octanol–water partition coefficient (Wildman–Crippen LogP) is 3.81. The molecule has 0 spiro atoms. The van der Waals surface area contributed by atoms with E-state index in [0.29, 0.717) is 11.1 Å². The zero-order valence-corrected chi connectivity index (χ0v) is 15.2. The largest absolute Gasteiger partial charge is 0.478 e. The molecule has 150 valence electrons. The fourth-order valence-corrected chi connectivity index (χ4v) is 3.07. The highest BCUT2D eigenvalue weighted by Gasteiger charge is 2.18. The van der Waals surface area contributed by atoms with Crippen LogP contribution in [0.4, 0.5) is 0 Å². The van der Waals surface area contributed by atoms with Gasteiger partial charge in [-0.3, -0.25) is 0 Å². The Hall–Kier alpha value is -4.46. The fourth-order valence-electron chi connectivity index (χ4n) is 3.07. The maximum Gasteiger partial charge on any atom is 0.336 e. The molecule has 0 aliphatic rings. The van der Waals surface area contributed by atoms with Crippen LogP contribution in [0.15, 0.2) is 60.7 Å². The summed E-state index contributed by atoms with van der Waals surface area (Å²) in [5.41, 5.74) is 0.593. The third-order valence-electron chi connectivity index (χ3n) is 4.48. The number of hydrogen-bond acceptors (Lipinski definition) is 4. The van der Waals surface area contributed by atoms with E-state index in [2.05, 4.69) is 0 Å². The van der Waals surface area contributed by atoms with E-state index >= 15 is 0 Å². The zero-order chi connectivity index (χ0) is 22.0. The summed E-state index contributed by atoms with van der Waals surface area (Å²) < 4.78 is 0. The van der Waals surface area contributed by atoms with E-state index in [1.165, 1.54) is 24.3 Å². The first-order valence-electron chi connectivity index (χ1n) is 8.51. The van der Waals surface area contributed by atoms with Gasteiger partial charge in [0.2, 0.25) is 0 Å². The molecule has 0 aliphatic heterocycles. The van der Waals surface area contributed by atoms with Gasteiger partial charge in [0.15, 0.2) is 0 Å². The highest BCUT2D eigenvalue weighted by molar-refractivity contribution is 6.02. The molecule has 0 bridgehead atoms. The van der Waals surface area contributed by atoms with Gasteiger partial charge in [-0.05, 0) is 52.6 Å². The lowest BCUT2D eigenvalue weighted by Crippen LogP contribution is -2.05. The zero-order valence-electron chi connectivity index (χ0n) is 15.2. The van der Waals surface area contributed by atoms with E-state index < -0.39 is 23.9 Å². The van der Waals surface area contributed by atoms with E-state index in [1.54, 1.807) is 24.3 Å². The Labute approximate surface area is 169 Å². The van der Waals surface area contributed by atoms with Crippen molar-refractivity contribution < 1.29 is 39.6 Å². The molecule has 30 heavy (non-hydrogen) atoms. The molecule has 0 fully saturated rings. The lowest BCUT2D eigenvalue weighted by Gasteiger charge is -2.12. The molecule has 4 N–H and O–H groups in total. The number of rotatable bonds is 6. The van der Waals surface area contributed by atoms with Gasteiger partial charge >= 0.3 is 23.9 Å². The molecule has 0 aliphatic carbocycles. The molecule has 8 nitrogen and oxygen atoms in total. The lowest BCUT2D eigenvalue weighted by molar-refractivity contribution is 0.0677. The van der Waals surface area contributed by atoms with Gasteiger partial charge in [-0.1, -0.05) is 30.3 Å². The first kappa shape index (κ1) is 20.3. The lowest BCUT2D eigenvalue weighted by atomic mass is 9.92. The van der Waals surface area contributed by atoms with Crippen LogP contribution in [0.3, 0.4) is 0 Å². The second kappa shape index (κ2) is 7.88. The molecule has 3 rings (SSSR count). The van der Waals surface area contributed by atoms with Crippen LogP contribution in [0, 0.1) is 0 Å². The number of hydrogen-bond donors (Lipinski definition) is 4. The summed E-state index contributed by atoms with van der Waals surface area (Å²) in [5, 5.41) is 37.2. The molecule has 3 aromatic rings. The second-order valence-corrected chi connectivity index (χ2v) is 6.32. The van der Waals surface area contributed by atoms with Crippen molar-refractivity contribution in [1.29, 1.82) is 0 Å². The Morgan fingerprint density at radius 3 is 1.23 bits per heavy atom. The molecular weight excluding hydrogens is 392 g/mol. The highest BCUT2D eigenvalue weighted by Crippen LogP contribution is 2.31. The van der Waals surface area contributed by atoms with Gasteiger partial charge in [-0.25, -0.2) is 19.2 Å². The van der Waals surface area contributed by atoms with Gasteiger partial charge < -0.3 is 20.4 Å². The van der Waals surface area contributed by atoms with E-state index in [0.717, 1.165) is 12.1 Å². The number of carbonyl (C=O) groups is 4. The minimum atomic E-state index is -1.31. The average molecular weight is 406 g/mol. The predicted molar refractivity (Wildman–Crippen MR) is 105 cm³/mol. The van der Waals surface area contributed by atoms with Crippen molar-refractivity contribution in [3.05, 3.63) is 82.9 Å². The quantitative estimate of drug-likeness (QED) is 0.483. The summed E-state index contributed by atoms with van der Waals surface area (Å²) in [5.74, 6) is -5.14. The fraction of sp³-hybridized carbons (Fsp3) is 0. The molecule has 0 aromatic heterocycles. The molecular formula is C22H14O8. The van der Waals surface area contributed by atoms with Crippen LogP contribution < -0.4 is 0 Å². The molecule has 0 heterocycles. The molecule has 0 radical (unpaired) electrons. The van der Waals surface area contributed by atoms with Crippen LogP contribution in [-0.4, -0.2) is 44.3 Å². The maximum absolute atomic E-state index is 11.6. The van der Waals surface area contributed by atoms with Crippen molar-refractivity contribution >= 4 is 23.9 Å². The van der Waals surface area contributed by atoms with Crippen LogP contribution in [0.25, 0.3) is 22.3 Å². The number of carboxylic acids is 4. The van der Waals surface area contributed by atoms with Gasteiger partial charge in [0.05, 0.1) is 22.3 Å². The standard InChI is InChI=1S/C22H14O8/c23-19(24)13-4-6-15(17(9-13)21(27)28)11-2-1-3-12(8-11)16-7-5-14(20(25)26)10-18(16)22(29)30/h1-10H,(H,23,24)(H,25,26)(H,27,28)(H,29,30). The Morgan fingerprint density at radius 1 is 0.500 bits per heavy atom. The summed E-state index contributed by atoms with van der Waals surface area (Å²) in [6.45, 7) is 0. The maximum atomic E-state index is 11.6. The van der Waals surface area contributed by atoms with E-state index in [4.69, 9.17) is 10.2 Å². The third-order valence-corrected chi connectivity index (χ3v) is 4.48. The summed E-state index contributed by atoms with van der Waals surface area (Å²) in [6.07, 6.45) is 0. The van der Waals surface area contributed by atoms with E-state index in [-0.39, 0.29) is 33.4 Å². The van der Waals surface area contributed by atoms with Crippen LogP contribution in [0.2, 0.25) is 0 Å². The minimum Gasteiger partial charge on any atom is -0.478 e. The van der Waals surface area contributed by atoms with Crippen LogP contribution in [0.5, 0.6) is 0 Å². The van der Waals surface area contributed by atoms with Crippen molar-refractivity contribution in [1.82, 2.24) is 0 Å². The Balaban J connectivity index is 2.17. The molecule has 0 unspecified atom stereocenters. The summed E-state index contributed by atoms with van der Waals surface area (Å²) in [4.78, 5) is 45.6. The molecule has 0 saturated carbocycles. The number of benzene rings is 3. The molecule has 8 heteroatoms. The topological polar surface area (TPSA) is 149 Å². The average Bonchev–Trinajstić information content (AvgIpc) is 2.72. The monoisotopic (exact) mass is 406 g/mol. The van der Waals surface area contributed by atoms with Crippen molar-refractivity contribution in [2.45, 2.75) is 0 Å². The Morgan fingerprint density at radius 2 is 0.900 bits per heavy atom. The van der Waals surface area contributed by atoms with Gasteiger partial charge in [0.25, 0.3) is 0 Å². The van der Waals surface area contributed by atoms with Crippen molar-refractivity contribution in [2.24, 2.45) is 0 Å². The molecule has 0 amide bonds. The SMILES string of the molecule is O=C(O)c1ccc(-c2cccc(-c3ccc(C(=O)O)cc3C(=O)O)c2)c(C(=O)O)c1. The summed E-state index contributed by atoms with van der Waals surface area (Å²) >= 11 is 0. The van der Waals surface area contributed by atoms with Crippen molar-refractivity contribution in [3.63, 3.8) is 0 Å². The third kappa shape index (κ3) is 3.88. The van der Waals surface area contributed by atoms with E-state index in [9.17, 15) is 29.4 Å². The van der Waals surface area contributed by atoms with Crippen LogP contribution >= 0.6 is 0 Å². The molecule has 3 aromatic carbocycles. The van der Waals surface area contributed by atoms with Crippen LogP contribution in [0.1, 0.15) is 41.4 Å². The van der Waals surface area contributed by atoms with Gasteiger partial charge in [0, 0.05) is 0 Å². The Bertz CT molecular complexity index is 1120.